The summed E-state index contributed by atoms with van der Waals surface area (Å²) >= 11 is 10.4. The van der Waals surface area contributed by atoms with Crippen LogP contribution < -0.4 is 10.1 Å². The second-order valence-corrected chi connectivity index (χ2v) is 8.61. The lowest BCUT2D eigenvalue weighted by Crippen LogP contribution is -2.12. The fourth-order valence-electron chi connectivity index (χ4n) is 2.33. The largest absolute Gasteiger partial charge is 0.506 e. The minimum absolute atomic E-state index is 0.0427. The first-order valence-electron chi connectivity index (χ1n) is 7.87. The van der Waals surface area contributed by atoms with E-state index in [4.69, 9.17) is 16.3 Å². The van der Waals surface area contributed by atoms with Crippen LogP contribution in [0, 0.1) is 14.1 Å². The Balaban J connectivity index is 1.78. The van der Waals surface area contributed by atoms with Crippen LogP contribution >= 0.6 is 56.8 Å². The summed E-state index contributed by atoms with van der Waals surface area (Å²) in [6.07, 6.45) is 0. The molecule has 2 N–H and O–H groups in total. The number of phenolic OH excluding ortho intramolecular Hbond substituents is 1. The standard InChI is InChI=1S/C20H14ClI2NO3/c1-11-2-5-14(6-3-11)27-18-7-4-13(10-16(18)21)24-20(26)15-8-12(22)9-17(23)19(15)25/h2-10,25H,1H3,(H,24,26). The second-order valence-electron chi connectivity index (χ2n) is 5.80. The molecule has 0 saturated heterocycles. The Bertz CT molecular complexity index is 1010. The zero-order valence-electron chi connectivity index (χ0n) is 14.1. The molecule has 0 bridgehead atoms. The van der Waals surface area contributed by atoms with Crippen LogP contribution in [-0.4, -0.2) is 11.0 Å². The predicted octanol–water partition coefficient (Wildman–Crippen LogP) is 6.61. The van der Waals surface area contributed by atoms with Gasteiger partial charge in [-0.2, -0.15) is 0 Å². The monoisotopic (exact) mass is 605 g/mol. The lowest BCUT2D eigenvalue weighted by Gasteiger charge is -2.11. The van der Waals surface area contributed by atoms with E-state index in [1.54, 1.807) is 30.3 Å². The molecule has 0 fully saturated rings. The Labute approximate surface area is 189 Å². The molecule has 0 aliphatic rings. The number of carbonyl (C=O) groups excluding carboxylic acids is 1. The SMILES string of the molecule is Cc1ccc(Oc2ccc(NC(=O)c3cc(I)cc(I)c3O)cc2Cl)cc1. The van der Waals surface area contributed by atoms with Gasteiger partial charge < -0.3 is 15.2 Å². The van der Waals surface area contributed by atoms with Crippen LogP contribution in [0.3, 0.4) is 0 Å². The summed E-state index contributed by atoms with van der Waals surface area (Å²) in [7, 11) is 0. The number of benzene rings is 3. The Morgan fingerprint density at radius 2 is 1.78 bits per heavy atom. The fraction of sp³-hybridized carbons (Fsp3) is 0.0500. The van der Waals surface area contributed by atoms with E-state index < -0.39 is 5.91 Å². The van der Waals surface area contributed by atoms with E-state index in [1.165, 1.54) is 0 Å². The van der Waals surface area contributed by atoms with Gasteiger partial charge in [-0.25, -0.2) is 0 Å². The summed E-state index contributed by atoms with van der Waals surface area (Å²) in [5, 5.41) is 13.3. The number of hydrogen-bond acceptors (Lipinski definition) is 3. The lowest BCUT2D eigenvalue weighted by atomic mass is 10.2. The third-order valence-corrected chi connectivity index (χ3v) is 5.45. The maximum atomic E-state index is 12.5. The summed E-state index contributed by atoms with van der Waals surface area (Å²) in [4.78, 5) is 12.5. The molecule has 0 aromatic heterocycles. The maximum Gasteiger partial charge on any atom is 0.259 e. The van der Waals surface area contributed by atoms with Gasteiger partial charge in [0, 0.05) is 9.26 Å². The Morgan fingerprint density at radius 1 is 1.07 bits per heavy atom. The molecule has 0 atom stereocenters. The summed E-state index contributed by atoms with van der Waals surface area (Å²) in [6.45, 7) is 2.00. The molecule has 1 amide bonds. The second kappa shape index (κ2) is 8.66. The molecule has 27 heavy (non-hydrogen) atoms. The number of nitrogens with one attached hydrogen (secondary N) is 1. The van der Waals surface area contributed by atoms with Crippen LogP contribution in [0.4, 0.5) is 5.69 Å². The van der Waals surface area contributed by atoms with Crippen molar-refractivity contribution in [1.82, 2.24) is 0 Å². The molecule has 3 aromatic carbocycles. The van der Waals surface area contributed by atoms with E-state index in [0.29, 0.717) is 25.8 Å². The molecule has 4 nitrogen and oxygen atoms in total. The van der Waals surface area contributed by atoms with Gasteiger partial charge in [0.2, 0.25) is 0 Å². The van der Waals surface area contributed by atoms with E-state index in [-0.39, 0.29) is 11.3 Å². The highest BCUT2D eigenvalue weighted by atomic mass is 127. The van der Waals surface area contributed by atoms with Crippen molar-refractivity contribution in [2.24, 2.45) is 0 Å². The van der Waals surface area contributed by atoms with Crippen molar-refractivity contribution in [3.8, 4) is 17.2 Å². The summed E-state index contributed by atoms with van der Waals surface area (Å²) in [5.74, 6) is 0.717. The molecule has 3 aromatic rings. The zero-order valence-corrected chi connectivity index (χ0v) is 19.2. The zero-order chi connectivity index (χ0) is 19.6. The van der Waals surface area contributed by atoms with Gasteiger partial charge >= 0.3 is 0 Å². The first-order chi connectivity index (χ1) is 12.8. The van der Waals surface area contributed by atoms with Gasteiger partial charge in [0.15, 0.2) is 0 Å². The summed E-state index contributed by atoms with van der Waals surface area (Å²) in [5.41, 5.74) is 1.86. The minimum atomic E-state index is -0.410. The molecular formula is C20H14ClI2NO3. The quantitative estimate of drug-likeness (QED) is 0.330. The van der Waals surface area contributed by atoms with E-state index in [1.807, 2.05) is 53.8 Å². The highest BCUT2D eigenvalue weighted by molar-refractivity contribution is 14.1. The molecule has 0 unspecified atom stereocenters. The van der Waals surface area contributed by atoms with Gasteiger partial charge in [-0.1, -0.05) is 29.3 Å². The van der Waals surface area contributed by atoms with Gasteiger partial charge in [0.1, 0.15) is 17.2 Å². The lowest BCUT2D eigenvalue weighted by molar-refractivity contribution is 0.102. The van der Waals surface area contributed by atoms with Crippen LogP contribution in [-0.2, 0) is 0 Å². The number of anilines is 1. The first-order valence-corrected chi connectivity index (χ1v) is 10.4. The van der Waals surface area contributed by atoms with Crippen molar-refractivity contribution >= 4 is 68.4 Å². The van der Waals surface area contributed by atoms with Crippen LogP contribution in [0.15, 0.2) is 54.6 Å². The molecule has 0 heterocycles. The number of hydrogen-bond donors (Lipinski definition) is 2. The number of aromatic hydroxyl groups is 1. The van der Waals surface area contributed by atoms with E-state index in [2.05, 4.69) is 27.9 Å². The van der Waals surface area contributed by atoms with Crippen molar-refractivity contribution in [2.45, 2.75) is 6.92 Å². The highest BCUT2D eigenvalue weighted by Gasteiger charge is 2.16. The van der Waals surface area contributed by atoms with E-state index >= 15 is 0 Å². The van der Waals surface area contributed by atoms with Gasteiger partial charge in [0.05, 0.1) is 14.2 Å². The Kier molecular flexibility index (Phi) is 6.48. The van der Waals surface area contributed by atoms with Gasteiger partial charge in [-0.15, -0.1) is 0 Å². The number of aryl methyl sites for hydroxylation is 1. The van der Waals surface area contributed by atoms with E-state index in [9.17, 15) is 9.90 Å². The molecular weight excluding hydrogens is 591 g/mol. The molecule has 0 saturated carbocycles. The Hall–Kier alpha value is -1.52. The van der Waals surface area contributed by atoms with Crippen LogP contribution in [0.1, 0.15) is 15.9 Å². The van der Waals surface area contributed by atoms with Crippen molar-refractivity contribution in [1.29, 1.82) is 0 Å². The van der Waals surface area contributed by atoms with Gasteiger partial charge in [0.25, 0.3) is 5.91 Å². The predicted molar refractivity (Wildman–Crippen MR) is 124 cm³/mol. The molecule has 3 rings (SSSR count). The number of ether oxygens (including phenoxy) is 1. The average Bonchev–Trinajstić information content (AvgIpc) is 2.62. The number of rotatable bonds is 4. The summed E-state index contributed by atoms with van der Waals surface area (Å²) < 4.78 is 7.25. The van der Waals surface area contributed by atoms with Crippen molar-refractivity contribution in [2.75, 3.05) is 5.32 Å². The molecule has 0 radical (unpaired) electrons. The first kappa shape index (κ1) is 20.2. The third kappa shape index (κ3) is 5.05. The molecule has 0 aliphatic heterocycles. The number of phenols is 1. The minimum Gasteiger partial charge on any atom is -0.506 e. The van der Waals surface area contributed by atoms with Crippen molar-refractivity contribution in [3.63, 3.8) is 0 Å². The molecule has 0 spiro atoms. The summed E-state index contributed by atoms with van der Waals surface area (Å²) in [6, 6.07) is 16.1. The highest BCUT2D eigenvalue weighted by Crippen LogP contribution is 2.33. The van der Waals surface area contributed by atoms with Crippen LogP contribution in [0.25, 0.3) is 0 Å². The topological polar surface area (TPSA) is 58.6 Å². The molecule has 138 valence electrons. The normalized spacial score (nSPS) is 10.5. The number of amides is 1. The maximum absolute atomic E-state index is 12.5. The third-order valence-electron chi connectivity index (χ3n) is 3.71. The molecule has 0 aliphatic carbocycles. The van der Waals surface area contributed by atoms with Crippen molar-refractivity contribution in [3.05, 3.63) is 77.9 Å². The number of carbonyl (C=O) groups is 1. The molecule has 7 heteroatoms. The fourth-order valence-corrected chi connectivity index (χ4v) is 4.40. The van der Waals surface area contributed by atoms with Gasteiger partial charge in [-0.05, 0) is 94.6 Å². The Morgan fingerprint density at radius 3 is 2.44 bits per heavy atom. The van der Waals surface area contributed by atoms with Gasteiger partial charge in [-0.3, -0.25) is 4.79 Å². The van der Waals surface area contributed by atoms with Crippen LogP contribution in [0.5, 0.6) is 17.2 Å². The van der Waals surface area contributed by atoms with E-state index in [0.717, 1.165) is 9.13 Å². The average molecular weight is 606 g/mol. The number of halogens is 3. The van der Waals surface area contributed by atoms with Crippen molar-refractivity contribution < 1.29 is 14.6 Å². The van der Waals surface area contributed by atoms with Crippen LogP contribution in [0.2, 0.25) is 5.02 Å². The smallest absolute Gasteiger partial charge is 0.259 e.